The molecular formula is C10H19N3O. The van der Waals surface area contributed by atoms with Crippen LogP contribution in [-0.2, 0) is 0 Å². The highest BCUT2D eigenvalue weighted by Crippen LogP contribution is 2.31. The second kappa shape index (κ2) is 4.17. The lowest BCUT2D eigenvalue weighted by molar-refractivity contribution is 0.199. The predicted molar refractivity (Wildman–Crippen MR) is 55.3 cm³/mol. The largest absolute Gasteiger partial charge is 0.409 e. The van der Waals surface area contributed by atoms with Gasteiger partial charge < -0.3 is 15.8 Å². The second-order valence-electron chi connectivity index (χ2n) is 4.54. The number of hydrogen-bond donors (Lipinski definition) is 2. The molecule has 1 saturated heterocycles. The van der Waals surface area contributed by atoms with Crippen molar-refractivity contribution in [3.63, 3.8) is 0 Å². The number of rotatable bonds is 3. The molecule has 1 heterocycles. The Morgan fingerprint density at radius 1 is 1.29 bits per heavy atom. The van der Waals surface area contributed by atoms with Crippen LogP contribution in [0.2, 0.25) is 0 Å². The van der Waals surface area contributed by atoms with Crippen molar-refractivity contribution in [3.05, 3.63) is 0 Å². The number of oxime groups is 1. The summed E-state index contributed by atoms with van der Waals surface area (Å²) in [6, 6.07) is 0. The third kappa shape index (κ3) is 2.38. The van der Waals surface area contributed by atoms with Gasteiger partial charge in [-0.25, -0.2) is 0 Å². The molecule has 80 valence electrons. The SMILES string of the molecule is NC(=NO)C1CCN(CC2CC2)CC1. The van der Waals surface area contributed by atoms with E-state index in [4.69, 9.17) is 10.9 Å². The summed E-state index contributed by atoms with van der Waals surface area (Å²) in [4.78, 5) is 2.51. The quantitative estimate of drug-likeness (QED) is 0.305. The predicted octanol–water partition coefficient (Wildman–Crippen LogP) is 0.855. The lowest BCUT2D eigenvalue weighted by atomic mass is 9.96. The van der Waals surface area contributed by atoms with Gasteiger partial charge in [0.1, 0.15) is 5.84 Å². The maximum absolute atomic E-state index is 8.56. The molecule has 2 rings (SSSR count). The molecule has 1 aliphatic carbocycles. The molecule has 2 aliphatic rings. The molecule has 0 bridgehead atoms. The van der Waals surface area contributed by atoms with Gasteiger partial charge in [0.05, 0.1) is 0 Å². The van der Waals surface area contributed by atoms with Crippen LogP contribution in [0.1, 0.15) is 25.7 Å². The summed E-state index contributed by atoms with van der Waals surface area (Å²) < 4.78 is 0. The van der Waals surface area contributed by atoms with Crippen LogP contribution in [0.15, 0.2) is 5.16 Å². The van der Waals surface area contributed by atoms with E-state index in [0.29, 0.717) is 11.8 Å². The Hall–Kier alpha value is -0.770. The zero-order chi connectivity index (χ0) is 9.97. The Kier molecular flexibility index (Phi) is 2.91. The summed E-state index contributed by atoms with van der Waals surface area (Å²) in [6.45, 7) is 3.48. The summed E-state index contributed by atoms with van der Waals surface area (Å²) in [6.07, 6.45) is 4.92. The topological polar surface area (TPSA) is 61.9 Å². The van der Waals surface area contributed by atoms with E-state index in [0.717, 1.165) is 31.8 Å². The lowest BCUT2D eigenvalue weighted by Gasteiger charge is -2.31. The summed E-state index contributed by atoms with van der Waals surface area (Å²) >= 11 is 0. The van der Waals surface area contributed by atoms with Gasteiger partial charge in [-0.1, -0.05) is 5.16 Å². The minimum Gasteiger partial charge on any atom is -0.409 e. The smallest absolute Gasteiger partial charge is 0.142 e. The molecule has 0 aromatic carbocycles. The molecular weight excluding hydrogens is 178 g/mol. The van der Waals surface area contributed by atoms with Crippen LogP contribution in [0, 0.1) is 11.8 Å². The number of nitrogens with two attached hydrogens (primary N) is 1. The standard InChI is InChI=1S/C10H19N3O/c11-10(12-14)9-3-5-13(6-4-9)7-8-1-2-8/h8-9,14H,1-7H2,(H2,11,12). The Morgan fingerprint density at radius 3 is 2.43 bits per heavy atom. The Morgan fingerprint density at radius 2 is 1.93 bits per heavy atom. The fourth-order valence-electron chi connectivity index (χ4n) is 2.16. The van der Waals surface area contributed by atoms with E-state index in [1.807, 2.05) is 0 Å². The van der Waals surface area contributed by atoms with Crippen molar-refractivity contribution < 1.29 is 5.21 Å². The Bertz CT molecular complexity index is 217. The first-order chi connectivity index (χ1) is 6.79. The second-order valence-corrected chi connectivity index (χ2v) is 4.54. The van der Waals surface area contributed by atoms with Crippen molar-refractivity contribution in [3.8, 4) is 0 Å². The maximum Gasteiger partial charge on any atom is 0.142 e. The number of nitrogens with zero attached hydrogens (tertiary/aromatic N) is 2. The van der Waals surface area contributed by atoms with Crippen LogP contribution in [0.3, 0.4) is 0 Å². The van der Waals surface area contributed by atoms with Crippen molar-refractivity contribution in [1.29, 1.82) is 0 Å². The third-order valence-electron chi connectivity index (χ3n) is 3.33. The molecule has 4 nitrogen and oxygen atoms in total. The minimum atomic E-state index is 0.301. The molecule has 0 aromatic rings. The van der Waals surface area contributed by atoms with E-state index < -0.39 is 0 Å². The van der Waals surface area contributed by atoms with E-state index in [9.17, 15) is 0 Å². The molecule has 2 fully saturated rings. The van der Waals surface area contributed by atoms with E-state index in [2.05, 4.69) is 10.1 Å². The summed E-state index contributed by atoms with van der Waals surface area (Å²) in [5, 5.41) is 11.6. The highest BCUT2D eigenvalue weighted by atomic mass is 16.4. The van der Waals surface area contributed by atoms with Crippen LogP contribution in [0.5, 0.6) is 0 Å². The van der Waals surface area contributed by atoms with Crippen LogP contribution < -0.4 is 5.73 Å². The normalized spacial score (nSPS) is 26.7. The zero-order valence-corrected chi connectivity index (χ0v) is 8.52. The fraction of sp³-hybridized carbons (Fsp3) is 0.900. The monoisotopic (exact) mass is 197 g/mol. The van der Waals surface area contributed by atoms with Gasteiger partial charge in [-0.15, -0.1) is 0 Å². The number of likely N-dealkylation sites (tertiary alicyclic amines) is 1. The van der Waals surface area contributed by atoms with Crippen LogP contribution in [0.4, 0.5) is 0 Å². The lowest BCUT2D eigenvalue weighted by Crippen LogP contribution is -2.39. The maximum atomic E-state index is 8.56. The molecule has 0 spiro atoms. The third-order valence-corrected chi connectivity index (χ3v) is 3.33. The first-order valence-electron chi connectivity index (χ1n) is 5.49. The average molecular weight is 197 g/mol. The van der Waals surface area contributed by atoms with Crippen molar-refractivity contribution >= 4 is 5.84 Å². The van der Waals surface area contributed by atoms with Crippen LogP contribution >= 0.6 is 0 Å². The Balaban J connectivity index is 1.73. The highest BCUT2D eigenvalue weighted by Gasteiger charge is 2.28. The van der Waals surface area contributed by atoms with Gasteiger partial charge in [0.25, 0.3) is 0 Å². The molecule has 0 radical (unpaired) electrons. The zero-order valence-electron chi connectivity index (χ0n) is 8.52. The van der Waals surface area contributed by atoms with Crippen LogP contribution in [-0.4, -0.2) is 35.6 Å². The summed E-state index contributed by atoms with van der Waals surface area (Å²) in [7, 11) is 0. The molecule has 14 heavy (non-hydrogen) atoms. The number of piperidine rings is 1. The number of amidine groups is 1. The molecule has 1 saturated carbocycles. The Labute approximate surface area is 84.8 Å². The molecule has 0 atom stereocenters. The fourth-order valence-corrected chi connectivity index (χ4v) is 2.16. The average Bonchev–Trinajstić information content (AvgIpc) is 3.02. The molecule has 4 heteroatoms. The van der Waals surface area contributed by atoms with Gasteiger partial charge in [-0.2, -0.15) is 0 Å². The van der Waals surface area contributed by atoms with Gasteiger partial charge >= 0.3 is 0 Å². The van der Waals surface area contributed by atoms with Gasteiger partial charge in [-0.05, 0) is 44.7 Å². The van der Waals surface area contributed by atoms with E-state index >= 15 is 0 Å². The minimum absolute atomic E-state index is 0.301. The molecule has 0 aromatic heterocycles. The first kappa shape index (κ1) is 9.77. The summed E-state index contributed by atoms with van der Waals surface area (Å²) in [5.74, 6) is 1.68. The van der Waals surface area contributed by atoms with Crippen molar-refractivity contribution in [2.45, 2.75) is 25.7 Å². The molecule has 0 unspecified atom stereocenters. The van der Waals surface area contributed by atoms with Gasteiger partial charge in [0.2, 0.25) is 0 Å². The molecule has 1 aliphatic heterocycles. The van der Waals surface area contributed by atoms with Gasteiger partial charge in [0.15, 0.2) is 0 Å². The van der Waals surface area contributed by atoms with Crippen molar-refractivity contribution in [2.75, 3.05) is 19.6 Å². The van der Waals surface area contributed by atoms with E-state index in [-0.39, 0.29) is 0 Å². The molecule has 3 N–H and O–H groups in total. The van der Waals surface area contributed by atoms with Crippen molar-refractivity contribution in [1.82, 2.24) is 4.90 Å². The van der Waals surface area contributed by atoms with E-state index in [1.54, 1.807) is 0 Å². The summed E-state index contributed by atoms with van der Waals surface area (Å²) in [5.41, 5.74) is 5.59. The van der Waals surface area contributed by atoms with Gasteiger partial charge in [0, 0.05) is 12.5 Å². The van der Waals surface area contributed by atoms with Crippen molar-refractivity contribution in [2.24, 2.45) is 22.7 Å². The molecule has 0 amide bonds. The van der Waals surface area contributed by atoms with Gasteiger partial charge in [-0.3, -0.25) is 0 Å². The highest BCUT2D eigenvalue weighted by molar-refractivity contribution is 5.82. The number of hydrogen-bond acceptors (Lipinski definition) is 3. The first-order valence-corrected chi connectivity index (χ1v) is 5.49. The van der Waals surface area contributed by atoms with E-state index in [1.165, 1.54) is 19.4 Å². The van der Waals surface area contributed by atoms with Crippen LogP contribution in [0.25, 0.3) is 0 Å².